The molecule has 0 heterocycles. The Bertz CT molecular complexity index is 275. The first-order valence-electron chi connectivity index (χ1n) is 5.65. The Morgan fingerprint density at radius 1 is 1.50 bits per heavy atom. The lowest BCUT2D eigenvalue weighted by Gasteiger charge is -2.32. The lowest BCUT2D eigenvalue weighted by molar-refractivity contribution is -0.160. The molecule has 0 aromatic rings. The van der Waals surface area contributed by atoms with E-state index in [0.717, 1.165) is 13.8 Å². The van der Waals surface area contributed by atoms with E-state index in [1.54, 1.807) is 0 Å². The quantitative estimate of drug-likeness (QED) is 0.617. The van der Waals surface area contributed by atoms with Gasteiger partial charge >= 0.3 is 5.97 Å². The van der Waals surface area contributed by atoms with Crippen molar-refractivity contribution in [3.63, 3.8) is 0 Å². The zero-order chi connectivity index (χ0) is 13.6. The number of carboxylic acid groups (broad SMARTS) is 1. The summed E-state index contributed by atoms with van der Waals surface area (Å²) in [5.41, 5.74) is -5.64. The molecule has 0 aliphatic carbocycles. The van der Waals surface area contributed by atoms with Gasteiger partial charge in [-0.2, -0.15) is 0 Å². The predicted molar refractivity (Wildman–Crippen MR) is 37.7 cm³/mol. The summed E-state index contributed by atoms with van der Waals surface area (Å²) in [4.78, 5) is 10.9. The first kappa shape index (κ1) is 3.22. The predicted octanol–water partition coefficient (Wildman–Crippen LogP) is 0.868. The molecule has 10 heavy (non-hydrogen) atoms. The Morgan fingerprint density at radius 3 is 2.00 bits per heavy atom. The van der Waals surface area contributed by atoms with Crippen LogP contribution in [0, 0.1) is 5.41 Å². The van der Waals surface area contributed by atoms with Gasteiger partial charge in [-0.1, -0.05) is 0 Å². The summed E-state index contributed by atoms with van der Waals surface area (Å²) in [6.45, 7) is -4.93. The maximum Gasteiger partial charge on any atom is 0.311 e. The van der Waals surface area contributed by atoms with Gasteiger partial charge in [-0.05, 0) is 27.6 Å². The van der Waals surface area contributed by atoms with Crippen LogP contribution in [0.4, 0.5) is 0 Å². The molecule has 0 fully saturated rings. The van der Waals surface area contributed by atoms with Crippen molar-refractivity contribution in [2.45, 2.75) is 33.2 Å². The van der Waals surface area contributed by atoms with E-state index in [-0.39, 0.29) is 0 Å². The van der Waals surface area contributed by atoms with Crippen LogP contribution < -0.4 is 0 Å². The van der Waals surface area contributed by atoms with Crippen molar-refractivity contribution in [2.24, 2.45) is 5.41 Å². The molecule has 60 valence electrons. The van der Waals surface area contributed by atoms with E-state index in [4.69, 9.17) is 13.3 Å². The number of rotatable bonds is 2. The fourth-order valence-electron chi connectivity index (χ4n) is 0.155. The molecule has 0 bridgehead atoms. The normalized spacial score (nSPS) is 24.7. The van der Waals surface area contributed by atoms with E-state index in [1.807, 2.05) is 0 Å². The van der Waals surface area contributed by atoms with Crippen molar-refractivity contribution in [1.82, 2.24) is 0 Å². The van der Waals surface area contributed by atoms with Gasteiger partial charge in [-0.3, -0.25) is 4.79 Å². The van der Waals surface area contributed by atoms with Gasteiger partial charge in [0, 0.05) is 8.22 Å². The van der Waals surface area contributed by atoms with Crippen LogP contribution in [0.3, 0.4) is 0 Å². The minimum Gasteiger partial charge on any atom is -0.481 e. The van der Waals surface area contributed by atoms with Crippen molar-refractivity contribution in [3.8, 4) is 0 Å². The summed E-state index contributed by atoms with van der Waals surface area (Å²) in [5.74, 6) is -1.69. The average molecular weight is 152 g/mol. The first-order chi connectivity index (χ1) is 6.69. The van der Waals surface area contributed by atoms with E-state index < -0.39 is 30.7 Å². The number of carboxylic acids is 1. The highest BCUT2D eigenvalue weighted by molar-refractivity contribution is 5.75. The molecule has 0 amide bonds. The van der Waals surface area contributed by atoms with E-state index >= 15 is 0 Å². The highest BCUT2D eigenvalue weighted by Gasteiger charge is 2.41. The summed E-state index contributed by atoms with van der Waals surface area (Å²) in [7, 11) is 0. The zero-order valence-corrected chi connectivity index (χ0v) is 5.80. The SMILES string of the molecule is [2H]C([2H])([2H])C(O)(C([2H])([2H])[2H])C(C)(C)C(=O)O. The highest BCUT2D eigenvalue weighted by Crippen LogP contribution is 2.29. The Morgan fingerprint density at radius 2 is 1.90 bits per heavy atom. The average Bonchev–Trinajstić information content (AvgIpc) is 1.97. The molecule has 0 atom stereocenters. The van der Waals surface area contributed by atoms with Crippen LogP contribution in [-0.4, -0.2) is 21.8 Å². The van der Waals surface area contributed by atoms with Gasteiger partial charge in [0.2, 0.25) is 0 Å². The van der Waals surface area contributed by atoms with E-state index in [0.29, 0.717) is 0 Å². The molecule has 3 nitrogen and oxygen atoms in total. The summed E-state index contributed by atoms with van der Waals surface area (Å²) < 4.78 is 42.3. The third kappa shape index (κ3) is 1.48. The van der Waals surface area contributed by atoms with Crippen LogP contribution in [-0.2, 0) is 4.79 Å². The minimum absolute atomic E-state index is 0.869. The molecule has 0 spiro atoms. The second-order valence-corrected chi connectivity index (χ2v) is 2.64. The lowest BCUT2D eigenvalue weighted by atomic mass is 9.77. The third-order valence-electron chi connectivity index (χ3n) is 1.44. The molecule has 0 radical (unpaired) electrons. The second kappa shape index (κ2) is 2.23. The first-order valence-corrected chi connectivity index (χ1v) is 2.65. The Kier molecular flexibility index (Phi) is 0.719. The van der Waals surface area contributed by atoms with Gasteiger partial charge in [0.15, 0.2) is 0 Å². The van der Waals surface area contributed by atoms with Crippen molar-refractivity contribution in [2.75, 3.05) is 0 Å². The smallest absolute Gasteiger partial charge is 0.311 e. The summed E-state index contributed by atoms with van der Waals surface area (Å²) in [5, 5.41) is 18.7. The van der Waals surface area contributed by atoms with Gasteiger partial charge in [-0.15, -0.1) is 0 Å². The van der Waals surface area contributed by atoms with Gasteiger partial charge < -0.3 is 10.2 Å². The summed E-state index contributed by atoms with van der Waals surface area (Å²) in [6, 6.07) is 0. The second-order valence-electron chi connectivity index (χ2n) is 2.64. The molecular formula is C7H14O3. The van der Waals surface area contributed by atoms with E-state index in [2.05, 4.69) is 0 Å². The third-order valence-corrected chi connectivity index (χ3v) is 1.44. The largest absolute Gasteiger partial charge is 0.481 e. The Balaban J connectivity index is 5.91. The maximum absolute atomic E-state index is 10.9. The van der Waals surface area contributed by atoms with Crippen LogP contribution in [0.5, 0.6) is 0 Å². The number of aliphatic carboxylic acids is 1. The van der Waals surface area contributed by atoms with Crippen LogP contribution in [0.25, 0.3) is 0 Å². The van der Waals surface area contributed by atoms with Crippen molar-refractivity contribution in [1.29, 1.82) is 0 Å². The molecule has 3 heteroatoms. The fourth-order valence-corrected chi connectivity index (χ4v) is 0.155. The highest BCUT2D eigenvalue weighted by atomic mass is 16.4. The fraction of sp³-hybridized carbons (Fsp3) is 0.857. The molecule has 0 aliphatic heterocycles. The van der Waals surface area contributed by atoms with Crippen LogP contribution >= 0.6 is 0 Å². The molecule has 0 aliphatic rings. The molecule has 0 saturated carbocycles. The molecular weight excluding hydrogens is 132 g/mol. The van der Waals surface area contributed by atoms with Gasteiger partial charge in [-0.25, -0.2) is 0 Å². The van der Waals surface area contributed by atoms with Crippen molar-refractivity contribution in [3.05, 3.63) is 0 Å². The molecule has 0 aromatic heterocycles. The lowest BCUT2D eigenvalue weighted by Crippen LogP contribution is -2.44. The molecule has 0 saturated heterocycles. The minimum atomic E-state index is -3.33. The van der Waals surface area contributed by atoms with Crippen LogP contribution in [0.1, 0.15) is 35.8 Å². The van der Waals surface area contributed by atoms with E-state index in [9.17, 15) is 9.90 Å². The monoisotopic (exact) mass is 152 g/mol. The number of aliphatic hydroxyl groups is 1. The maximum atomic E-state index is 10.9. The van der Waals surface area contributed by atoms with Gasteiger partial charge in [0.25, 0.3) is 0 Å². The standard InChI is InChI=1S/C7H14O3/c1-6(2,5(8)9)7(3,4)10/h10H,1-4H3,(H,8,9)/i3D3,4D3. The van der Waals surface area contributed by atoms with Crippen molar-refractivity contribution < 1.29 is 23.2 Å². The van der Waals surface area contributed by atoms with Crippen LogP contribution in [0.15, 0.2) is 0 Å². The van der Waals surface area contributed by atoms with Gasteiger partial charge in [0.1, 0.15) is 0 Å². The molecule has 2 N–H and O–H groups in total. The summed E-state index contributed by atoms with van der Waals surface area (Å²) in [6.07, 6.45) is 0. The van der Waals surface area contributed by atoms with E-state index in [1.165, 1.54) is 0 Å². The number of hydrogen-bond donors (Lipinski definition) is 2. The molecule has 0 rings (SSSR count). The van der Waals surface area contributed by atoms with Gasteiger partial charge in [0.05, 0.1) is 11.0 Å². The molecule has 0 aromatic carbocycles. The molecule has 0 unspecified atom stereocenters. The van der Waals surface area contributed by atoms with Crippen molar-refractivity contribution >= 4 is 5.97 Å². The van der Waals surface area contributed by atoms with Crippen LogP contribution in [0.2, 0.25) is 0 Å². The topological polar surface area (TPSA) is 57.5 Å². The zero-order valence-electron chi connectivity index (χ0n) is 11.8. The Hall–Kier alpha value is -0.570. The Labute approximate surface area is 69.1 Å². The number of carbonyl (C=O) groups is 1. The summed E-state index contributed by atoms with van der Waals surface area (Å²) >= 11 is 0. The number of hydrogen-bond acceptors (Lipinski definition) is 2.